The van der Waals surface area contributed by atoms with Crippen LogP contribution in [-0.2, 0) is 11.3 Å². The van der Waals surface area contributed by atoms with Crippen molar-refractivity contribution in [2.24, 2.45) is 10.9 Å². The Labute approximate surface area is 187 Å². The molecule has 0 aliphatic carbocycles. The van der Waals surface area contributed by atoms with Crippen molar-refractivity contribution in [3.05, 3.63) is 35.9 Å². The summed E-state index contributed by atoms with van der Waals surface area (Å²) in [5.41, 5.74) is 1.17. The molecule has 5 nitrogen and oxygen atoms in total. The molecule has 2 atom stereocenters. The number of rotatable bonds is 6. The Balaban J connectivity index is 0.00000300. The van der Waals surface area contributed by atoms with Crippen molar-refractivity contribution in [2.75, 3.05) is 46.4 Å². The van der Waals surface area contributed by atoms with Gasteiger partial charge in [-0.2, -0.15) is 13.2 Å². The first-order valence-corrected chi connectivity index (χ1v) is 9.82. The summed E-state index contributed by atoms with van der Waals surface area (Å²) in [5, 5.41) is 3.35. The highest BCUT2D eigenvalue weighted by Crippen LogP contribution is 2.21. The molecule has 2 fully saturated rings. The van der Waals surface area contributed by atoms with Gasteiger partial charge in [-0.15, -0.1) is 24.0 Å². The molecule has 9 heteroatoms. The lowest BCUT2D eigenvalue weighted by molar-refractivity contribution is -0.143. The normalized spacial score (nSPS) is 23.3. The van der Waals surface area contributed by atoms with Crippen molar-refractivity contribution in [1.82, 2.24) is 15.1 Å². The number of halogens is 4. The lowest BCUT2D eigenvalue weighted by atomic mass is 10.1. The van der Waals surface area contributed by atoms with Crippen LogP contribution in [0.15, 0.2) is 35.3 Å². The number of nitrogens with zero attached hydrogens (tertiary/aromatic N) is 3. The molecular weight excluding hydrogens is 496 g/mol. The number of alkyl halides is 3. The molecule has 1 aromatic rings. The molecule has 2 saturated heterocycles. The van der Waals surface area contributed by atoms with E-state index in [1.54, 1.807) is 7.05 Å². The topological polar surface area (TPSA) is 40.1 Å². The minimum absolute atomic E-state index is 0. The van der Waals surface area contributed by atoms with Gasteiger partial charge in [0.25, 0.3) is 0 Å². The summed E-state index contributed by atoms with van der Waals surface area (Å²) in [4.78, 5) is 7.98. The van der Waals surface area contributed by atoms with Crippen LogP contribution in [0, 0.1) is 5.92 Å². The fraction of sp³-hybridized carbons (Fsp3) is 0.650. The van der Waals surface area contributed by atoms with Gasteiger partial charge in [0.1, 0.15) is 0 Å². The van der Waals surface area contributed by atoms with Gasteiger partial charge in [0.2, 0.25) is 0 Å². The zero-order valence-corrected chi connectivity index (χ0v) is 19.0. The number of hydrogen-bond acceptors (Lipinski definition) is 3. The van der Waals surface area contributed by atoms with Gasteiger partial charge < -0.3 is 15.0 Å². The largest absolute Gasteiger partial charge is 0.401 e. The third kappa shape index (κ3) is 7.93. The first-order valence-electron chi connectivity index (χ1n) is 9.82. The first-order chi connectivity index (χ1) is 13.4. The standard InChI is InChI=1S/C20H29F3N4O.HI/c1-24-19(25-18-8-9-26(12-18)15-20(21,22)23)27-10-7-17(11-27)14-28-13-16-5-3-2-4-6-16;/h2-6,17-18H,7-15H2,1H3,(H,24,25);1H. The van der Waals surface area contributed by atoms with E-state index in [0.717, 1.165) is 25.5 Å². The number of guanidine groups is 1. The molecular formula is C20H30F3IN4O. The molecule has 2 aliphatic heterocycles. The fourth-order valence-corrected chi connectivity index (χ4v) is 3.91. The number of likely N-dealkylation sites (tertiary alicyclic amines) is 2. The van der Waals surface area contributed by atoms with Gasteiger partial charge in [0.05, 0.1) is 19.8 Å². The van der Waals surface area contributed by atoms with Crippen LogP contribution >= 0.6 is 24.0 Å². The van der Waals surface area contributed by atoms with Crippen LogP contribution in [0.25, 0.3) is 0 Å². The molecule has 2 aliphatic rings. The minimum atomic E-state index is -4.14. The smallest absolute Gasteiger partial charge is 0.376 e. The number of nitrogens with one attached hydrogen (secondary N) is 1. The number of benzene rings is 1. The van der Waals surface area contributed by atoms with Crippen LogP contribution in [0.3, 0.4) is 0 Å². The quantitative estimate of drug-likeness (QED) is 0.351. The average Bonchev–Trinajstić information content (AvgIpc) is 3.29. The number of aliphatic imine (C=N–C) groups is 1. The van der Waals surface area contributed by atoms with Crippen molar-refractivity contribution in [2.45, 2.75) is 31.7 Å². The summed E-state index contributed by atoms with van der Waals surface area (Å²) in [6, 6.07) is 10.1. The molecule has 1 N–H and O–H groups in total. The average molecular weight is 526 g/mol. The van der Waals surface area contributed by atoms with Crippen molar-refractivity contribution < 1.29 is 17.9 Å². The third-order valence-corrected chi connectivity index (χ3v) is 5.27. The summed E-state index contributed by atoms with van der Waals surface area (Å²) < 4.78 is 43.5. The highest BCUT2D eigenvalue weighted by atomic mass is 127. The maximum atomic E-state index is 12.6. The van der Waals surface area contributed by atoms with Crippen LogP contribution in [0.4, 0.5) is 13.2 Å². The monoisotopic (exact) mass is 526 g/mol. The Morgan fingerprint density at radius 1 is 1.17 bits per heavy atom. The maximum absolute atomic E-state index is 12.6. The minimum Gasteiger partial charge on any atom is -0.376 e. The van der Waals surface area contributed by atoms with Crippen LogP contribution < -0.4 is 5.32 Å². The van der Waals surface area contributed by atoms with Gasteiger partial charge in [-0.05, 0) is 18.4 Å². The predicted octanol–water partition coefficient (Wildman–Crippen LogP) is 3.36. The van der Waals surface area contributed by atoms with Gasteiger partial charge in [-0.25, -0.2) is 0 Å². The van der Waals surface area contributed by atoms with E-state index in [9.17, 15) is 13.2 Å². The second-order valence-electron chi connectivity index (χ2n) is 7.63. The number of hydrogen-bond donors (Lipinski definition) is 1. The van der Waals surface area contributed by atoms with E-state index >= 15 is 0 Å². The lowest BCUT2D eigenvalue weighted by Crippen LogP contribution is -2.46. The predicted molar refractivity (Wildman–Crippen MR) is 119 cm³/mol. The van der Waals surface area contributed by atoms with Gasteiger partial charge >= 0.3 is 6.18 Å². The Hall–Kier alpha value is -1.07. The second-order valence-corrected chi connectivity index (χ2v) is 7.63. The van der Waals surface area contributed by atoms with E-state index in [2.05, 4.69) is 27.3 Å². The molecule has 0 bridgehead atoms. The second kappa shape index (κ2) is 11.4. The summed E-state index contributed by atoms with van der Waals surface area (Å²) in [6.07, 6.45) is -2.41. The lowest BCUT2D eigenvalue weighted by Gasteiger charge is -2.25. The van der Waals surface area contributed by atoms with Crippen molar-refractivity contribution in [3.63, 3.8) is 0 Å². The van der Waals surface area contributed by atoms with Gasteiger partial charge in [-0.3, -0.25) is 9.89 Å². The van der Waals surface area contributed by atoms with Crippen molar-refractivity contribution in [3.8, 4) is 0 Å². The number of ether oxygens (including phenoxy) is 1. The summed E-state index contributed by atoms with van der Waals surface area (Å²) in [5.74, 6) is 1.22. The maximum Gasteiger partial charge on any atom is 0.401 e. The summed E-state index contributed by atoms with van der Waals surface area (Å²) in [6.45, 7) is 3.08. The third-order valence-electron chi connectivity index (χ3n) is 5.27. The zero-order chi connectivity index (χ0) is 20.0. The highest BCUT2D eigenvalue weighted by Gasteiger charge is 2.35. The van der Waals surface area contributed by atoms with E-state index < -0.39 is 12.7 Å². The molecule has 29 heavy (non-hydrogen) atoms. The molecule has 3 rings (SSSR count). The Bertz CT molecular complexity index is 644. The molecule has 2 heterocycles. The van der Waals surface area contributed by atoms with Crippen molar-refractivity contribution >= 4 is 29.9 Å². The van der Waals surface area contributed by atoms with E-state index in [0.29, 0.717) is 38.6 Å². The zero-order valence-electron chi connectivity index (χ0n) is 16.7. The Morgan fingerprint density at radius 3 is 2.62 bits per heavy atom. The van der Waals surface area contributed by atoms with E-state index in [1.807, 2.05) is 18.2 Å². The molecule has 0 amide bonds. The Morgan fingerprint density at radius 2 is 1.93 bits per heavy atom. The molecule has 1 aromatic carbocycles. The fourth-order valence-electron chi connectivity index (χ4n) is 3.91. The first kappa shape index (κ1) is 24.2. The Kier molecular flexibility index (Phi) is 9.48. The summed E-state index contributed by atoms with van der Waals surface area (Å²) >= 11 is 0. The van der Waals surface area contributed by atoms with E-state index in [1.165, 1.54) is 10.5 Å². The molecule has 0 aromatic heterocycles. The molecule has 164 valence electrons. The van der Waals surface area contributed by atoms with E-state index in [-0.39, 0.29) is 30.0 Å². The van der Waals surface area contributed by atoms with Gasteiger partial charge in [-0.1, -0.05) is 30.3 Å². The van der Waals surface area contributed by atoms with E-state index in [4.69, 9.17) is 4.74 Å². The van der Waals surface area contributed by atoms with Gasteiger partial charge in [0, 0.05) is 45.2 Å². The highest BCUT2D eigenvalue weighted by molar-refractivity contribution is 14.0. The van der Waals surface area contributed by atoms with Crippen molar-refractivity contribution in [1.29, 1.82) is 0 Å². The molecule has 0 radical (unpaired) electrons. The van der Waals surface area contributed by atoms with Gasteiger partial charge in [0.15, 0.2) is 5.96 Å². The van der Waals surface area contributed by atoms with Crippen LogP contribution in [0.1, 0.15) is 18.4 Å². The SMILES string of the molecule is CN=C(NC1CCN(CC(F)(F)F)C1)N1CCC(COCc2ccccc2)C1.I. The van der Waals surface area contributed by atoms with Crippen LogP contribution in [0.2, 0.25) is 0 Å². The van der Waals surface area contributed by atoms with Crippen LogP contribution in [-0.4, -0.2) is 74.4 Å². The molecule has 0 spiro atoms. The molecule has 0 saturated carbocycles. The molecule has 2 unspecified atom stereocenters. The van der Waals surface area contributed by atoms with Crippen LogP contribution in [0.5, 0.6) is 0 Å². The summed E-state index contributed by atoms with van der Waals surface area (Å²) in [7, 11) is 1.73.